The van der Waals surface area contributed by atoms with Crippen LogP contribution in [-0.4, -0.2) is 12.9 Å². The van der Waals surface area contributed by atoms with E-state index in [0.717, 1.165) is 11.3 Å². The van der Waals surface area contributed by atoms with Crippen LogP contribution in [0.5, 0.6) is 11.5 Å². The molecular weight excluding hydrogens is 256 g/mol. The van der Waals surface area contributed by atoms with Gasteiger partial charge >= 0.3 is 0 Å². The number of fused-ring (bicyclic) bond motifs is 1. The molecule has 2 aromatic rings. The average Bonchev–Trinajstić information content (AvgIpc) is 2.95. The van der Waals surface area contributed by atoms with Gasteiger partial charge in [-0.15, -0.1) is 0 Å². The van der Waals surface area contributed by atoms with Gasteiger partial charge in [0.1, 0.15) is 23.0 Å². The lowest BCUT2D eigenvalue weighted by Crippen LogP contribution is -1.99. The predicted octanol–water partition coefficient (Wildman–Crippen LogP) is 3.52. The summed E-state index contributed by atoms with van der Waals surface area (Å²) < 4.78 is 16.2. The van der Waals surface area contributed by atoms with Gasteiger partial charge in [-0.1, -0.05) is 0 Å². The van der Waals surface area contributed by atoms with E-state index in [-0.39, 0.29) is 11.5 Å². The largest absolute Gasteiger partial charge is 0.497 e. The van der Waals surface area contributed by atoms with Crippen molar-refractivity contribution >= 4 is 11.9 Å². The highest BCUT2D eigenvalue weighted by Crippen LogP contribution is 2.37. The smallest absolute Gasteiger partial charge is 0.232 e. The molecule has 0 atom stereocenters. The summed E-state index contributed by atoms with van der Waals surface area (Å²) in [6, 6.07) is 7.18. The van der Waals surface area contributed by atoms with Crippen molar-refractivity contribution in [3.8, 4) is 11.5 Å². The van der Waals surface area contributed by atoms with Crippen LogP contribution in [0.1, 0.15) is 27.4 Å². The molecule has 0 saturated carbocycles. The number of hydrogen-bond donors (Lipinski definition) is 0. The minimum absolute atomic E-state index is 0.130. The Morgan fingerprint density at radius 1 is 1.20 bits per heavy atom. The van der Waals surface area contributed by atoms with E-state index < -0.39 is 0 Å². The first-order valence-electron chi connectivity index (χ1n) is 6.28. The van der Waals surface area contributed by atoms with Crippen LogP contribution in [0, 0.1) is 13.8 Å². The van der Waals surface area contributed by atoms with E-state index in [0.29, 0.717) is 22.8 Å². The molecular formula is C16H14O4. The Kier molecular flexibility index (Phi) is 2.86. The summed E-state index contributed by atoms with van der Waals surface area (Å²) in [6.07, 6.45) is 1.61. The van der Waals surface area contributed by atoms with Crippen LogP contribution < -0.4 is 9.47 Å². The van der Waals surface area contributed by atoms with E-state index in [9.17, 15) is 4.79 Å². The SMILES string of the molecule is COc1cc(C)c2c(c1)O/C(=C\c1ccc(C)o1)C2=O. The number of benzene rings is 1. The third-order valence-electron chi connectivity index (χ3n) is 3.21. The summed E-state index contributed by atoms with van der Waals surface area (Å²) in [5.41, 5.74) is 1.42. The molecule has 2 heterocycles. The van der Waals surface area contributed by atoms with Gasteiger partial charge in [-0.2, -0.15) is 0 Å². The van der Waals surface area contributed by atoms with E-state index in [4.69, 9.17) is 13.9 Å². The second kappa shape index (κ2) is 4.56. The Balaban J connectivity index is 2.02. The van der Waals surface area contributed by atoms with Gasteiger partial charge < -0.3 is 13.9 Å². The molecule has 0 radical (unpaired) electrons. The molecule has 4 nitrogen and oxygen atoms in total. The van der Waals surface area contributed by atoms with Crippen molar-refractivity contribution in [3.05, 3.63) is 52.7 Å². The maximum absolute atomic E-state index is 12.4. The predicted molar refractivity (Wildman–Crippen MR) is 74.1 cm³/mol. The first kappa shape index (κ1) is 12.5. The Morgan fingerprint density at radius 3 is 2.65 bits per heavy atom. The number of methoxy groups -OCH3 is 1. The number of aryl methyl sites for hydroxylation is 2. The summed E-state index contributed by atoms with van der Waals surface area (Å²) in [5.74, 6) is 2.73. The molecule has 102 valence electrons. The third kappa shape index (κ3) is 1.99. The average molecular weight is 270 g/mol. The minimum Gasteiger partial charge on any atom is -0.497 e. The summed E-state index contributed by atoms with van der Waals surface area (Å²) in [7, 11) is 1.58. The van der Waals surface area contributed by atoms with E-state index in [2.05, 4.69) is 0 Å². The fraction of sp³-hybridized carbons (Fsp3) is 0.188. The zero-order chi connectivity index (χ0) is 14.3. The Bertz CT molecular complexity index is 722. The second-order valence-corrected chi connectivity index (χ2v) is 4.71. The lowest BCUT2D eigenvalue weighted by Gasteiger charge is -2.04. The van der Waals surface area contributed by atoms with E-state index in [1.807, 2.05) is 26.0 Å². The van der Waals surface area contributed by atoms with Gasteiger partial charge in [0.15, 0.2) is 5.76 Å². The monoisotopic (exact) mass is 270 g/mol. The molecule has 20 heavy (non-hydrogen) atoms. The van der Waals surface area contributed by atoms with Gasteiger partial charge in [-0.05, 0) is 37.6 Å². The van der Waals surface area contributed by atoms with Crippen molar-refractivity contribution in [2.45, 2.75) is 13.8 Å². The van der Waals surface area contributed by atoms with Crippen LogP contribution in [0.15, 0.2) is 34.4 Å². The molecule has 0 saturated heterocycles. The van der Waals surface area contributed by atoms with Crippen molar-refractivity contribution in [2.75, 3.05) is 7.11 Å². The number of carbonyl (C=O) groups is 1. The van der Waals surface area contributed by atoms with E-state index in [1.54, 1.807) is 25.3 Å². The number of carbonyl (C=O) groups excluding carboxylic acids is 1. The number of ether oxygens (including phenoxy) is 2. The molecule has 1 aromatic heterocycles. The Labute approximate surface area is 116 Å². The van der Waals surface area contributed by atoms with Gasteiger partial charge in [0.05, 0.1) is 12.7 Å². The number of furan rings is 1. The van der Waals surface area contributed by atoms with Crippen LogP contribution >= 0.6 is 0 Å². The van der Waals surface area contributed by atoms with Crippen molar-refractivity contribution in [3.63, 3.8) is 0 Å². The number of hydrogen-bond acceptors (Lipinski definition) is 4. The fourth-order valence-electron chi connectivity index (χ4n) is 2.26. The zero-order valence-electron chi connectivity index (χ0n) is 11.5. The molecule has 4 heteroatoms. The lowest BCUT2D eigenvalue weighted by atomic mass is 10.0. The minimum atomic E-state index is -0.130. The van der Waals surface area contributed by atoms with Crippen molar-refractivity contribution in [1.82, 2.24) is 0 Å². The van der Waals surface area contributed by atoms with Gasteiger partial charge in [0.2, 0.25) is 5.78 Å². The standard InChI is InChI=1S/C16H14O4/c1-9-6-12(18-3)8-13-15(9)16(17)14(20-13)7-11-5-4-10(2)19-11/h4-8H,1-3H3/b14-7-. The highest BCUT2D eigenvalue weighted by atomic mass is 16.5. The van der Waals surface area contributed by atoms with Gasteiger partial charge in [-0.25, -0.2) is 0 Å². The molecule has 0 fully saturated rings. The van der Waals surface area contributed by atoms with Gasteiger partial charge in [-0.3, -0.25) is 4.79 Å². The van der Waals surface area contributed by atoms with Crippen LogP contribution in [-0.2, 0) is 0 Å². The first-order valence-corrected chi connectivity index (χ1v) is 6.28. The van der Waals surface area contributed by atoms with Crippen LogP contribution in [0.3, 0.4) is 0 Å². The van der Waals surface area contributed by atoms with Crippen molar-refractivity contribution < 1.29 is 18.7 Å². The van der Waals surface area contributed by atoms with Crippen LogP contribution in [0.4, 0.5) is 0 Å². The summed E-state index contributed by atoms with van der Waals surface area (Å²) in [5, 5.41) is 0. The highest BCUT2D eigenvalue weighted by molar-refractivity contribution is 6.15. The molecule has 1 aliphatic heterocycles. The highest BCUT2D eigenvalue weighted by Gasteiger charge is 2.30. The topological polar surface area (TPSA) is 48.7 Å². The van der Waals surface area contributed by atoms with Crippen molar-refractivity contribution in [1.29, 1.82) is 0 Å². The molecule has 0 spiro atoms. The number of allylic oxidation sites excluding steroid dienone is 1. The maximum atomic E-state index is 12.4. The first-order chi connectivity index (χ1) is 9.58. The lowest BCUT2D eigenvalue weighted by molar-refractivity contribution is 0.101. The molecule has 1 aromatic carbocycles. The quantitative estimate of drug-likeness (QED) is 0.783. The molecule has 1 aliphatic rings. The third-order valence-corrected chi connectivity index (χ3v) is 3.21. The molecule has 0 bridgehead atoms. The number of ketones is 1. The van der Waals surface area contributed by atoms with Gasteiger partial charge in [0, 0.05) is 12.1 Å². The normalized spacial score (nSPS) is 15.3. The molecule has 3 rings (SSSR count). The summed E-state index contributed by atoms with van der Waals surface area (Å²) in [6.45, 7) is 3.71. The molecule has 0 N–H and O–H groups in total. The van der Waals surface area contributed by atoms with E-state index in [1.165, 1.54) is 0 Å². The molecule has 0 unspecified atom stereocenters. The number of rotatable bonds is 2. The maximum Gasteiger partial charge on any atom is 0.232 e. The summed E-state index contributed by atoms with van der Waals surface area (Å²) >= 11 is 0. The van der Waals surface area contributed by atoms with Crippen molar-refractivity contribution in [2.24, 2.45) is 0 Å². The summed E-state index contributed by atoms with van der Waals surface area (Å²) in [4.78, 5) is 12.4. The molecule has 0 aliphatic carbocycles. The Hall–Kier alpha value is -2.49. The van der Waals surface area contributed by atoms with Crippen LogP contribution in [0.25, 0.3) is 6.08 Å². The second-order valence-electron chi connectivity index (χ2n) is 4.71. The molecule has 0 amide bonds. The van der Waals surface area contributed by atoms with Gasteiger partial charge in [0.25, 0.3) is 0 Å². The van der Waals surface area contributed by atoms with Crippen LogP contribution in [0.2, 0.25) is 0 Å². The zero-order valence-corrected chi connectivity index (χ0v) is 11.5. The fourth-order valence-corrected chi connectivity index (χ4v) is 2.26. The van der Waals surface area contributed by atoms with E-state index >= 15 is 0 Å². The number of Topliss-reactive ketones (excluding diaryl/α,β-unsaturated/α-hetero) is 1. The Morgan fingerprint density at radius 2 is 2.00 bits per heavy atom.